The average molecular weight is 292 g/mol. The molecule has 0 fully saturated rings. The van der Waals surface area contributed by atoms with Crippen molar-refractivity contribution < 1.29 is 14.6 Å². The van der Waals surface area contributed by atoms with Crippen LogP contribution in [-0.2, 0) is 4.74 Å². The van der Waals surface area contributed by atoms with Gasteiger partial charge in [0.1, 0.15) is 0 Å². The fraction of sp³-hybridized carbons (Fsp3) is 0.417. The van der Waals surface area contributed by atoms with Crippen LogP contribution in [0.2, 0.25) is 10.0 Å². The lowest BCUT2D eigenvalue weighted by Gasteiger charge is -2.21. The third-order valence-electron chi connectivity index (χ3n) is 2.33. The number of benzene rings is 1. The maximum atomic E-state index is 12.2. The van der Waals surface area contributed by atoms with E-state index in [1.165, 1.54) is 4.90 Å². The van der Waals surface area contributed by atoms with Crippen molar-refractivity contribution in [2.75, 3.05) is 33.4 Å². The molecule has 0 unspecified atom stereocenters. The van der Waals surface area contributed by atoms with Crippen LogP contribution in [0.3, 0.4) is 0 Å². The zero-order valence-electron chi connectivity index (χ0n) is 10.0. The van der Waals surface area contributed by atoms with Gasteiger partial charge in [-0.2, -0.15) is 0 Å². The van der Waals surface area contributed by atoms with Crippen molar-refractivity contribution in [3.63, 3.8) is 0 Å². The Balaban J connectivity index is 2.86. The Morgan fingerprint density at radius 3 is 2.39 bits per heavy atom. The normalized spacial score (nSPS) is 10.4. The molecule has 1 rings (SSSR count). The molecule has 1 N–H and O–H groups in total. The summed E-state index contributed by atoms with van der Waals surface area (Å²) in [5, 5.41) is 9.76. The molecule has 100 valence electrons. The number of carbonyl (C=O) groups is 1. The summed E-state index contributed by atoms with van der Waals surface area (Å²) in [6.45, 7) is 0.941. The summed E-state index contributed by atoms with van der Waals surface area (Å²) in [6.07, 6.45) is 0. The lowest BCUT2D eigenvalue weighted by Crippen LogP contribution is -2.36. The number of aliphatic hydroxyl groups is 1. The molecule has 6 heteroatoms. The Hall–Kier alpha value is -0.810. The van der Waals surface area contributed by atoms with Crippen LogP contribution in [0.25, 0.3) is 0 Å². The molecule has 0 heterocycles. The van der Waals surface area contributed by atoms with Crippen molar-refractivity contribution in [1.82, 2.24) is 4.90 Å². The topological polar surface area (TPSA) is 49.8 Å². The summed E-state index contributed by atoms with van der Waals surface area (Å²) in [6, 6.07) is 4.66. The third-order valence-corrected chi connectivity index (χ3v) is 2.77. The standard InChI is InChI=1S/C12H15Cl2NO3/c1-18-5-3-15(2-4-16)12(17)9-6-10(13)8-11(14)7-9/h6-8,16H,2-5H2,1H3. The monoisotopic (exact) mass is 291 g/mol. The van der Waals surface area contributed by atoms with Gasteiger partial charge >= 0.3 is 0 Å². The first-order chi connectivity index (χ1) is 8.58. The van der Waals surface area contributed by atoms with Gasteiger partial charge in [-0.25, -0.2) is 0 Å². The number of carbonyl (C=O) groups excluding carboxylic acids is 1. The van der Waals surface area contributed by atoms with Crippen LogP contribution in [0, 0.1) is 0 Å². The molecule has 0 atom stereocenters. The van der Waals surface area contributed by atoms with Crippen LogP contribution >= 0.6 is 23.2 Å². The van der Waals surface area contributed by atoms with Crippen molar-refractivity contribution in [3.05, 3.63) is 33.8 Å². The number of amides is 1. The predicted molar refractivity (Wildman–Crippen MR) is 71.3 cm³/mol. The highest BCUT2D eigenvalue weighted by Crippen LogP contribution is 2.20. The molecule has 0 saturated heterocycles. The van der Waals surface area contributed by atoms with Gasteiger partial charge in [0.2, 0.25) is 0 Å². The number of ether oxygens (including phenoxy) is 1. The average Bonchev–Trinajstić information content (AvgIpc) is 2.32. The van der Waals surface area contributed by atoms with E-state index in [4.69, 9.17) is 33.0 Å². The first-order valence-corrected chi connectivity index (χ1v) is 6.19. The lowest BCUT2D eigenvalue weighted by atomic mass is 10.2. The second-order valence-corrected chi connectivity index (χ2v) is 4.54. The van der Waals surface area contributed by atoms with Crippen molar-refractivity contribution in [2.24, 2.45) is 0 Å². The number of hydrogen-bond donors (Lipinski definition) is 1. The van der Waals surface area contributed by atoms with Crippen molar-refractivity contribution in [3.8, 4) is 0 Å². The lowest BCUT2D eigenvalue weighted by molar-refractivity contribution is 0.0656. The fourth-order valence-electron chi connectivity index (χ4n) is 1.50. The summed E-state index contributed by atoms with van der Waals surface area (Å²) in [5.41, 5.74) is 0.400. The van der Waals surface area contributed by atoms with E-state index >= 15 is 0 Å². The van der Waals surface area contributed by atoms with Gasteiger partial charge in [-0.3, -0.25) is 4.79 Å². The van der Waals surface area contributed by atoms with E-state index in [1.807, 2.05) is 0 Å². The highest BCUT2D eigenvalue weighted by Gasteiger charge is 2.16. The number of aliphatic hydroxyl groups excluding tert-OH is 1. The summed E-state index contributed by atoms with van der Waals surface area (Å²) in [7, 11) is 1.55. The van der Waals surface area contributed by atoms with Crippen LogP contribution in [0.4, 0.5) is 0 Å². The van der Waals surface area contributed by atoms with E-state index in [1.54, 1.807) is 25.3 Å². The second-order valence-electron chi connectivity index (χ2n) is 3.67. The molecule has 0 aliphatic heterocycles. The maximum Gasteiger partial charge on any atom is 0.254 e. The van der Waals surface area contributed by atoms with E-state index in [0.29, 0.717) is 28.8 Å². The van der Waals surface area contributed by atoms with Gasteiger partial charge in [-0.05, 0) is 18.2 Å². The quantitative estimate of drug-likeness (QED) is 0.873. The van der Waals surface area contributed by atoms with Crippen molar-refractivity contribution in [1.29, 1.82) is 0 Å². The van der Waals surface area contributed by atoms with E-state index in [0.717, 1.165) is 0 Å². The Bertz CT molecular complexity index is 392. The number of rotatable bonds is 6. The number of nitrogens with zero attached hydrogens (tertiary/aromatic N) is 1. The maximum absolute atomic E-state index is 12.2. The number of halogens is 2. The first kappa shape index (κ1) is 15.2. The molecule has 1 amide bonds. The summed E-state index contributed by atoms with van der Waals surface area (Å²) in [4.78, 5) is 13.7. The van der Waals surface area contributed by atoms with Crippen LogP contribution in [0.15, 0.2) is 18.2 Å². The minimum absolute atomic E-state index is 0.107. The molecule has 4 nitrogen and oxygen atoms in total. The molecule has 0 aromatic heterocycles. The summed E-state index contributed by atoms with van der Waals surface area (Å²) >= 11 is 11.7. The van der Waals surface area contributed by atoms with E-state index in [-0.39, 0.29) is 19.1 Å². The van der Waals surface area contributed by atoms with Crippen molar-refractivity contribution in [2.45, 2.75) is 0 Å². The highest BCUT2D eigenvalue weighted by atomic mass is 35.5. The molecule has 1 aromatic carbocycles. The SMILES string of the molecule is COCCN(CCO)C(=O)c1cc(Cl)cc(Cl)c1. The number of methoxy groups -OCH3 is 1. The predicted octanol–water partition coefficient (Wildman–Crippen LogP) is 2.07. The minimum Gasteiger partial charge on any atom is -0.395 e. The molecule has 0 spiro atoms. The van der Waals surface area contributed by atoms with Gasteiger partial charge < -0.3 is 14.7 Å². The molecular weight excluding hydrogens is 277 g/mol. The molecule has 0 saturated carbocycles. The highest BCUT2D eigenvalue weighted by molar-refractivity contribution is 6.35. The molecule has 18 heavy (non-hydrogen) atoms. The molecule has 0 bridgehead atoms. The Morgan fingerprint density at radius 1 is 1.28 bits per heavy atom. The van der Waals surface area contributed by atoms with Crippen LogP contribution in [-0.4, -0.2) is 49.3 Å². The Morgan fingerprint density at radius 2 is 1.89 bits per heavy atom. The van der Waals surface area contributed by atoms with E-state index in [2.05, 4.69) is 0 Å². The second kappa shape index (κ2) is 7.59. The van der Waals surface area contributed by atoms with E-state index < -0.39 is 0 Å². The molecule has 0 aliphatic carbocycles. The minimum atomic E-state index is -0.231. The molecular formula is C12H15Cl2NO3. The largest absolute Gasteiger partial charge is 0.395 e. The van der Waals surface area contributed by atoms with Gasteiger partial charge in [-0.1, -0.05) is 23.2 Å². The molecule has 0 aliphatic rings. The van der Waals surface area contributed by atoms with Gasteiger partial charge in [0.25, 0.3) is 5.91 Å². The van der Waals surface area contributed by atoms with Gasteiger partial charge in [0.15, 0.2) is 0 Å². The Labute approximate surface area is 116 Å². The first-order valence-electron chi connectivity index (χ1n) is 5.43. The number of hydrogen-bond acceptors (Lipinski definition) is 3. The van der Waals surface area contributed by atoms with Gasteiger partial charge in [0, 0.05) is 35.8 Å². The van der Waals surface area contributed by atoms with E-state index in [9.17, 15) is 4.79 Å². The Kier molecular flexibility index (Phi) is 6.43. The zero-order chi connectivity index (χ0) is 13.5. The summed E-state index contributed by atoms with van der Waals surface area (Å²) in [5.74, 6) is -0.231. The van der Waals surface area contributed by atoms with Crippen LogP contribution in [0.5, 0.6) is 0 Å². The summed E-state index contributed by atoms with van der Waals surface area (Å²) < 4.78 is 4.92. The zero-order valence-corrected chi connectivity index (χ0v) is 11.5. The van der Waals surface area contributed by atoms with Gasteiger partial charge in [-0.15, -0.1) is 0 Å². The van der Waals surface area contributed by atoms with Crippen LogP contribution in [0.1, 0.15) is 10.4 Å². The van der Waals surface area contributed by atoms with Crippen molar-refractivity contribution >= 4 is 29.1 Å². The molecule has 1 aromatic rings. The molecule has 0 radical (unpaired) electrons. The third kappa shape index (κ3) is 4.46. The smallest absolute Gasteiger partial charge is 0.254 e. The van der Waals surface area contributed by atoms with Gasteiger partial charge in [0.05, 0.1) is 13.2 Å². The fourth-order valence-corrected chi connectivity index (χ4v) is 2.02. The van der Waals surface area contributed by atoms with Crippen LogP contribution < -0.4 is 0 Å².